The van der Waals surface area contributed by atoms with Gasteiger partial charge in [-0.25, -0.2) is 9.13 Å². The van der Waals surface area contributed by atoms with Crippen LogP contribution in [0, 0.1) is 0 Å². The Hall–Kier alpha value is -1.40. The van der Waals surface area contributed by atoms with Gasteiger partial charge in [-0.05, 0) is 36.8 Å². The summed E-state index contributed by atoms with van der Waals surface area (Å²) in [5.74, 6) is 0. The normalized spacial score (nSPS) is 12.2. The largest absolute Gasteiger partial charge is 0.325 e. The summed E-state index contributed by atoms with van der Waals surface area (Å²) in [6.07, 6.45) is 16.3. The number of aryl methyl sites for hydroxylation is 2. The summed E-state index contributed by atoms with van der Waals surface area (Å²) in [5, 5.41) is 0. The molecule has 2 rings (SSSR count). The summed E-state index contributed by atoms with van der Waals surface area (Å²) in [5.41, 5.74) is 2.31. The summed E-state index contributed by atoms with van der Waals surface area (Å²) in [6.45, 7) is 1.79. The van der Waals surface area contributed by atoms with Crippen LogP contribution in [-0.2, 0) is 22.2 Å². The number of nitrogens with zero attached hydrogens (tertiary/aromatic N) is 2. The van der Waals surface area contributed by atoms with Crippen molar-refractivity contribution in [2.24, 2.45) is 0 Å². The molecule has 2 aromatic rings. The van der Waals surface area contributed by atoms with Gasteiger partial charge < -0.3 is 19.6 Å². The molecule has 0 bridgehead atoms. The van der Waals surface area contributed by atoms with Crippen LogP contribution in [0.5, 0.6) is 0 Å². The molecule has 0 radical (unpaired) electrons. The fourth-order valence-electron chi connectivity index (χ4n) is 3.71. The van der Waals surface area contributed by atoms with Crippen LogP contribution in [0.1, 0.15) is 57.8 Å². The number of hydrogen-bond donors (Lipinski definition) is 4. The Balaban J connectivity index is 1.64. The van der Waals surface area contributed by atoms with Gasteiger partial charge in [0.1, 0.15) is 13.1 Å². The average molecular weight is 501 g/mol. The maximum absolute atomic E-state index is 10.9. The van der Waals surface area contributed by atoms with Gasteiger partial charge in [-0.1, -0.05) is 19.3 Å². The Morgan fingerprint density at radius 1 is 0.515 bits per heavy atom. The Bertz CT molecular complexity index is 910. The van der Waals surface area contributed by atoms with Crippen LogP contribution in [0.4, 0.5) is 0 Å². The molecule has 0 spiro atoms. The van der Waals surface area contributed by atoms with Crippen molar-refractivity contribution in [3.8, 4) is 11.1 Å². The van der Waals surface area contributed by atoms with E-state index < -0.39 is 15.2 Å². The van der Waals surface area contributed by atoms with Gasteiger partial charge in [0.15, 0.2) is 24.8 Å². The molecule has 0 saturated carbocycles. The van der Waals surface area contributed by atoms with Crippen LogP contribution in [0.3, 0.4) is 0 Å². The van der Waals surface area contributed by atoms with Crippen LogP contribution >= 0.6 is 15.2 Å². The fourth-order valence-corrected chi connectivity index (χ4v) is 4.98. The Morgan fingerprint density at radius 3 is 1.18 bits per heavy atom. The zero-order valence-electron chi connectivity index (χ0n) is 19.2. The fraction of sp³-hybridized carbons (Fsp3) is 0.565. The third kappa shape index (κ3) is 13.2. The highest BCUT2D eigenvalue weighted by molar-refractivity contribution is 7.52. The third-order valence-corrected chi connectivity index (χ3v) is 7.39. The van der Waals surface area contributed by atoms with Crippen molar-refractivity contribution in [2.45, 2.75) is 70.9 Å². The van der Waals surface area contributed by atoms with Gasteiger partial charge in [0.2, 0.25) is 0 Å². The zero-order chi connectivity index (χ0) is 24.2. The lowest BCUT2D eigenvalue weighted by Gasteiger charge is -2.04. The summed E-state index contributed by atoms with van der Waals surface area (Å²) >= 11 is 0. The van der Waals surface area contributed by atoms with E-state index in [0.29, 0.717) is 12.8 Å². The summed E-state index contributed by atoms with van der Waals surface area (Å²) in [7, 11) is -7.71. The monoisotopic (exact) mass is 500 g/mol. The van der Waals surface area contributed by atoms with Gasteiger partial charge >= 0.3 is 15.2 Å². The van der Waals surface area contributed by atoms with E-state index in [0.717, 1.165) is 69.2 Å². The molecule has 0 unspecified atom stereocenters. The minimum atomic E-state index is -3.87. The molecule has 0 aliphatic rings. The minimum absolute atomic E-state index is 0.00156. The molecule has 0 amide bonds. The van der Waals surface area contributed by atoms with E-state index in [2.05, 4.69) is 45.8 Å². The minimum Gasteiger partial charge on any atom is -0.324 e. The number of unbranched alkanes of at least 4 members (excludes halogenated alkanes) is 7. The smallest absolute Gasteiger partial charge is 0.324 e. The average Bonchev–Trinajstić information content (AvgIpc) is 2.75. The highest BCUT2D eigenvalue weighted by Crippen LogP contribution is 2.36. The van der Waals surface area contributed by atoms with Gasteiger partial charge in [0.05, 0.1) is 0 Å². The molecule has 2 heterocycles. The number of aromatic nitrogens is 2. The maximum Gasteiger partial charge on any atom is 0.325 e. The molecule has 0 saturated heterocycles. The molecule has 0 atom stereocenters. The predicted octanol–water partition coefficient (Wildman–Crippen LogP) is 3.79. The molecule has 33 heavy (non-hydrogen) atoms. The zero-order valence-corrected chi connectivity index (χ0v) is 21.0. The highest BCUT2D eigenvalue weighted by Gasteiger charge is 2.12. The van der Waals surface area contributed by atoms with Gasteiger partial charge in [-0.2, -0.15) is 0 Å². The van der Waals surface area contributed by atoms with E-state index in [4.69, 9.17) is 19.6 Å². The van der Waals surface area contributed by atoms with E-state index >= 15 is 0 Å². The first-order valence-electron chi connectivity index (χ1n) is 11.7. The molecule has 0 aliphatic carbocycles. The van der Waals surface area contributed by atoms with Crippen molar-refractivity contribution < 1.29 is 37.8 Å². The van der Waals surface area contributed by atoms with Crippen molar-refractivity contribution >= 4 is 15.2 Å². The Kier molecular flexibility index (Phi) is 11.9. The first-order chi connectivity index (χ1) is 15.6. The molecule has 10 heteroatoms. The molecular formula is C23H38N2O6P2+2. The predicted molar refractivity (Wildman–Crippen MR) is 128 cm³/mol. The molecule has 184 valence electrons. The van der Waals surface area contributed by atoms with Crippen LogP contribution in [0.15, 0.2) is 49.1 Å². The first kappa shape index (κ1) is 27.8. The summed E-state index contributed by atoms with van der Waals surface area (Å²) < 4.78 is 25.9. The molecule has 2 aromatic heterocycles. The molecule has 0 aromatic carbocycles. The first-order valence-corrected chi connectivity index (χ1v) is 15.3. The number of pyridine rings is 2. The van der Waals surface area contributed by atoms with Gasteiger partial charge in [-0.15, -0.1) is 0 Å². The summed E-state index contributed by atoms with van der Waals surface area (Å²) in [6, 6.07) is 8.40. The lowest BCUT2D eigenvalue weighted by atomic mass is 10.1. The van der Waals surface area contributed by atoms with E-state index in [-0.39, 0.29) is 12.3 Å². The molecule has 8 nitrogen and oxygen atoms in total. The molecule has 0 aliphatic heterocycles. The van der Waals surface area contributed by atoms with E-state index in [1.54, 1.807) is 0 Å². The second-order valence-electron chi connectivity index (χ2n) is 8.61. The van der Waals surface area contributed by atoms with E-state index in [1.807, 2.05) is 12.4 Å². The summed E-state index contributed by atoms with van der Waals surface area (Å²) in [4.78, 5) is 35.5. The third-order valence-electron chi connectivity index (χ3n) is 5.60. The second-order valence-corrected chi connectivity index (χ2v) is 12.2. The van der Waals surface area contributed by atoms with Crippen LogP contribution < -0.4 is 9.13 Å². The SMILES string of the molecule is O=P(O)(O)CCCCCCCC[n+]1ccc(-c2cc[n+](CCCCCP(=O)(O)O)cc2)cc1. The topological polar surface area (TPSA) is 123 Å². The number of hydrogen-bond acceptors (Lipinski definition) is 2. The van der Waals surface area contributed by atoms with Crippen molar-refractivity contribution in [1.29, 1.82) is 0 Å². The lowest BCUT2D eigenvalue weighted by Crippen LogP contribution is -2.33. The van der Waals surface area contributed by atoms with Crippen LogP contribution in [0.25, 0.3) is 11.1 Å². The molecule has 0 fully saturated rings. The maximum atomic E-state index is 10.9. The standard InChI is InChI=1S/C23H36N2O6P2/c26-32(27,28)20-8-4-2-1-3-6-14-24-16-10-22(11-17-24)23-12-18-25(19-13-23)15-7-5-9-21-33(29,30)31/h10-13,16-19H,1-9,14-15,20-21H2,(H2-2,26,27,28,29,30,31)/p+2. The van der Waals surface area contributed by atoms with Crippen LogP contribution in [-0.4, -0.2) is 31.9 Å². The van der Waals surface area contributed by atoms with Gasteiger partial charge in [-0.3, -0.25) is 9.13 Å². The number of rotatable bonds is 16. The van der Waals surface area contributed by atoms with Crippen molar-refractivity contribution in [2.75, 3.05) is 12.3 Å². The lowest BCUT2D eigenvalue weighted by molar-refractivity contribution is -0.697. The highest BCUT2D eigenvalue weighted by atomic mass is 31.2. The van der Waals surface area contributed by atoms with Crippen molar-refractivity contribution in [3.63, 3.8) is 0 Å². The molecular weight excluding hydrogens is 462 g/mol. The van der Waals surface area contributed by atoms with Gasteiger partial charge in [0.25, 0.3) is 0 Å². The van der Waals surface area contributed by atoms with Crippen molar-refractivity contribution in [3.05, 3.63) is 49.1 Å². The molecule has 4 N–H and O–H groups in total. The van der Waals surface area contributed by atoms with E-state index in [1.165, 1.54) is 0 Å². The quantitative estimate of drug-likeness (QED) is 0.158. The van der Waals surface area contributed by atoms with E-state index in [9.17, 15) is 9.13 Å². The van der Waals surface area contributed by atoms with Crippen molar-refractivity contribution in [1.82, 2.24) is 0 Å². The van der Waals surface area contributed by atoms with Crippen LogP contribution in [0.2, 0.25) is 0 Å². The Morgan fingerprint density at radius 2 is 0.818 bits per heavy atom. The Labute approximate surface area is 196 Å². The van der Waals surface area contributed by atoms with Gasteiger partial charge in [0, 0.05) is 49.4 Å². The second kappa shape index (κ2) is 14.1.